The van der Waals surface area contributed by atoms with Crippen molar-refractivity contribution in [3.05, 3.63) is 23.1 Å². The fourth-order valence-electron chi connectivity index (χ4n) is 2.22. The van der Waals surface area contributed by atoms with E-state index in [9.17, 15) is 0 Å². The van der Waals surface area contributed by atoms with Gasteiger partial charge in [-0.25, -0.2) is 0 Å². The molecule has 2 heterocycles. The molecule has 0 bridgehead atoms. The largest absolute Gasteiger partial charge is 0.453 e. The quantitative estimate of drug-likeness (QED) is 0.865. The fraction of sp³-hybridized carbons (Fsp3) is 0.636. The summed E-state index contributed by atoms with van der Waals surface area (Å²) < 4.78 is 10.5. The van der Waals surface area contributed by atoms with E-state index >= 15 is 0 Å². The van der Waals surface area contributed by atoms with Crippen molar-refractivity contribution in [2.24, 2.45) is 5.92 Å². The van der Waals surface area contributed by atoms with Crippen molar-refractivity contribution in [3.8, 4) is 0 Å². The Morgan fingerprint density at radius 2 is 2.20 bits per heavy atom. The van der Waals surface area contributed by atoms with E-state index in [-0.39, 0.29) is 6.04 Å². The van der Waals surface area contributed by atoms with Crippen LogP contribution in [0.25, 0.3) is 0 Å². The zero-order valence-corrected chi connectivity index (χ0v) is 9.59. The third-order valence-corrected chi connectivity index (χ3v) is 3.34. The first-order valence-electron chi connectivity index (χ1n) is 5.31. The minimum absolute atomic E-state index is 0.278. The first-order valence-corrected chi connectivity index (χ1v) is 5.68. The van der Waals surface area contributed by atoms with Gasteiger partial charge in [-0.05, 0) is 43.5 Å². The van der Waals surface area contributed by atoms with Crippen molar-refractivity contribution in [3.63, 3.8) is 0 Å². The third kappa shape index (κ3) is 2.36. The molecule has 0 amide bonds. The lowest BCUT2D eigenvalue weighted by molar-refractivity contribution is 0.0545. The van der Waals surface area contributed by atoms with Crippen molar-refractivity contribution >= 4 is 11.6 Å². The average molecular weight is 230 g/mol. The molecule has 1 saturated heterocycles. The molecule has 0 aromatic carbocycles. The standard InChI is InChI=1S/C11H16ClNO2/c1-13-10(8-2-5-14-6-3-8)9-4-7-15-11(9)12/h4,7-8,10,13H,2-3,5-6H2,1H3. The van der Waals surface area contributed by atoms with E-state index in [1.54, 1.807) is 6.26 Å². The Bertz CT molecular complexity index is 307. The Balaban J connectivity index is 2.12. The molecule has 15 heavy (non-hydrogen) atoms. The summed E-state index contributed by atoms with van der Waals surface area (Å²) in [5.41, 5.74) is 1.06. The van der Waals surface area contributed by atoms with E-state index in [4.69, 9.17) is 20.8 Å². The second-order valence-electron chi connectivity index (χ2n) is 3.87. The number of hydrogen-bond donors (Lipinski definition) is 1. The summed E-state index contributed by atoms with van der Waals surface area (Å²) in [6.45, 7) is 1.69. The van der Waals surface area contributed by atoms with Gasteiger partial charge in [-0.15, -0.1) is 0 Å². The summed E-state index contributed by atoms with van der Waals surface area (Å²) in [6, 6.07) is 2.22. The molecular weight excluding hydrogens is 214 g/mol. The van der Waals surface area contributed by atoms with Gasteiger partial charge in [-0.3, -0.25) is 0 Å². The maximum absolute atomic E-state index is 5.99. The zero-order valence-electron chi connectivity index (χ0n) is 8.83. The van der Waals surface area contributed by atoms with Crippen LogP contribution >= 0.6 is 11.6 Å². The van der Waals surface area contributed by atoms with Crippen molar-refractivity contribution < 1.29 is 9.15 Å². The van der Waals surface area contributed by atoms with Gasteiger partial charge in [0.25, 0.3) is 0 Å². The molecule has 2 rings (SSSR count). The number of rotatable bonds is 3. The predicted octanol–water partition coefficient (Wildman–Crippen LogP) is 2.62. The van der Waals surface area contributed by atoms with Gasteiger partial charge in [0.2, 0.25) is 0 Å². The maximum atomic E-state index is 5.99. The Morgan fingerprint density at radius 1 is 1.47 bits per heavy atom. The van der Waals surface area contributed by atoms with Crippen molar-refractivity contribution in [1.29, 1.82) is 0 Å². The van der Waals surface area contributed by atoms with E-state index in [0.29, 0.717) is 11.1 Å². The van der Waals surface area contributed by atoms with Gasteiger partial charge in [-0.2, -0.15) is 0 Å². The van der Waals surface area contributed by atoms with E-state index in [0.717, 1.165) is 31.6 Å². The van der Waals surface area contributed by atoms with Crippen LogP contribution in [0.1, 0.15) is 24.4 Å². The summed E-state index contributed by atoms with van der Waals surface area (Å²) >= 11 is 5.99. The van der Waals surface area contributed by atoms with Gasteiger partial charge in [0.05, 0.1) is 6.26 Å². The molecule has 1 atom stereocenters. The molecule has 1 aliphatic heterocycles. The number of halogens is 1. The van der Waals surface area contributed by atoms with E-state index in [1.165, 1.54) is 0 Å². The van der Waals surface area contributed by atoms with Gasteiger partial charge < -0.3 is 14.5 Å². The molecule has 4 heteroatoms. The second kappa shape index (κ2) is 5.01. The highest BCUT2D eigenvalue weighted by Crippen LogP contribution is 2.33. The lowest BCUT2D eigenvalue weighted by atomic mass is 9.88. The lowest BCUT2D eigenvalue weighted by Gasteiger charge is -2.29. The molecule has 1 aromatic rings. The summed E-state index contributed by atoms with van der Waals surface area (Å²) in [5.74, 6) is 0.582. The maximum Gasteiger partial charge on any atom is 0.197 e. The summed E-state index contributed by atoms with van der Waals surface area (Å²) in [6.07, 6.45) is 3.79. The van der Waals surface area contributed by atoms with Crippen LogP contribution < -0.4 is 5.32 Å². The van der Waals surface area contributed by atoms with Gasteiger partial charge in [-0.1, -0.05) is 0 Å². The third-order valence-electron chi connectivity index (χ3n) is 3.03. The number of ether oxygens (including phenoxy) is 1. The van der Waals surface area contributed by atoms with Gasteiger partial charge >= 0.3 is 0 Å². The fourth-order valence-corrected chi connectivity index (χ4v) is 2.45. The van der Waals surface area contributed by atoms with Crippen LogP contribution in [0.15, 0.2) is 16.7 Å². The molecule has 1 unspecified atom stereocenters. The minimum atomic E-state index is 0.278. The molecule has 1 aliphatic rings. The summed E-state index contributed by atoms with van der Waals surface area (Å²) in [7, 11) is 1.96. The molecule has 0 saturated carbocycles. The predicted molar refractivity (Wildman–Crippen MR) is 59.1 cm³/mol. The highest BCUT2D eigenvalue weighted by atomic mass is 35.5. The Kier molecular flexibility index (Phi) is 3.67. The number of nitrogens with one attached hydrogen (secondary N) is 1. The van der Waals surface area contributed by atoms with Crippen LogP contribution in [-0.2, 0) is 4.74 Å². The van der Waals surface area contributed by atoms with Crippen LogP contribution in [0.3, 0.4) is 0 Å². The highest BCUT2D eigenvalue weighted by Gasteiger charge is 2.26. The Hall–Kier alpha value is -0.510. The van der Waals surface area contributed by atoms with Crippen molar-refractivity contribution in [2.45, 2.75) is 18.9 Å². The highest BCUT2D eigenvalue weighted by molar-refractivity contribution is 6.29. The van der Waals surface area contributed by atoms with E-state index < -0.39 is 0 Å². The minimum Gasteiger partial charge on any atom is -0.453 e. The first kappa shape index (κ1) is 11.0. The summed E-state index contributed by atoms with van der Waals surface area (Å²) in [5, 5.41) is 3.82. The Labute approximate surface area is 94.7 Å². The van der Waals surface area contributed by atoms with Crippen LogP contribution in [0.4, 0.5) is 0 Å². The van der Waals surface area contributed by atoms with Crippen LogP contribution in [0.2, 0.25) is 5.22 Å². The first-order chi connectivity index (χ1) is 7.33. The van der Waals surface area contributed by atoms with Crippen molar-refractivity contribution in [2.75, 3.05) is 20.3 Å². The Morgan fingerprint density at radius 3 is 2.73 bits per heavy atom. The van der Waals surface area contributed by atoms with Gasteiger partial charge in [0.1, 0.15) is 0 Å². The van der Waals surface area contributed by atoms with Gasteiger partial charge in [0.15, 0.2) is 5.22 Å². The molecule has 1 fully saturated rings. The normalized spacial score (nSPS) is 20.4. The van der Waals surface area contributed by atoms with Crippen LogP contribution in [0, 0.1) is 5.92 Å². The molecule has 0 aliphatic carbocycles. The molecule has 0 spiro atoms. The molecule has 0 radical (unpaired) electrons. The van der Waals surface area contributed by atoms with E-state index in [1.807, 2.05) is 13.1 Å². The number of hydrogen-bond acceptors (Lipinski definition) is 3. The molecule has 1 N–H and O–H groups in total. The summed E-state index contributed by atoms with van der Waals surface area (Å²) in [4.78, 5) is 0. The average Bonchev–Trinajstić information content (AvgIpc) is 2.68. The molecule has 84 valence electrons. The van der Waals surface area contributed by atoms with Gasteiger partial charge in [0, 0.05) is 24.8 Å². The second-order valence-corrected chi connectivity index (χ2v) is 4.21. The lowest BCUT2D eigenvalue weighted by Crippen LogP contribution is -2.29. The molecule has 1 aromatic heterocycles. The SMILES string of the molecule is CNC(c1ccoc1Cl)C1CCOCC1. The number of furan rings is 1. The molecular formula is C11H16ClNO2. The monoisotopic (exact) mass is 229 g/mol. The van der Waals surface area contributed by atoms with E-state index in [2.05, 4.69) is 5.32 Å². The topological polar surface area (TPSA) is 34.4 Å². The molecule has 3 nitrogen and oxygen atoms in total. The van der Waals surface area contributed by atoms with Crippen LogP contribution in [0.5, 0.6) is 0 Å². The zero-order chi connectivity index (χ0) is 10.7. The van der Waals surface area contributed by atoms with Crippen molar-refractivity contribution in [1.82, 2.24) is 5.32 Å². The van der Waals surface area contributed by atoms with Crippen LogP contribution in [-0.4, -0.2) is 20.3 Å². The smallest absolute Gasteiger partial charge is 0.197 e.